The number of carbonyl (C=O) groups is 1. The van der Waals surface area contributed by atoms with Crippen molar-refractivity contribution in [2.24, 2.45) is 0 Å². The third kappa shape index (κ3) is 3.67. The first-order valence-electron chi connectivity index (χ1n) is 8.44. The molecule has 1 N–H and O–H groups in total. The fraction of sp³-hybridized carbons (Fsp3) is 0.0476. The van der Waals surface area contributed by atoms with E-state index in [0.717, 1.165) is 16.6 Å². The van der Waals surface area contributed by atoms with Gasteiger partial charge in [-0.25, -0.2) is 9.97 Å². The van der Waals surface area contributed by atoms with Crippen LogP contribution in [0.3, 0.4) is 0 Å². The zero-order valence-corrected chi connectivity index (χ0v) is 16.7. The van der Waals surface area contributed by atoms with Gasteiger partial charge in [-0.2, -0.15) is 0 Å². The van der Waals surface area contributed by atoms with E-state index in [1.54, 1.807) is 23.2 Å². The second-order valence-corrected chi connectivity index (χ2v) is 9.63. The number of benzene rings is 2. The highest BCUT2D eigenvalue weighted by atomic mass is 32.2. The maximum atomic E-state index is 12.4. The van der Waals surface area contributed by atoms with Gasteiger partial charge in [-0.05, 0) is 39.7 Å². The average Bonchev–Trinajstić information content (AvgIpc) is 3.22. The van der Waals surface area contributed by atoms with Crippen molar-refractivity contribution in [3.63, 3.8) is 0 Å². The molecule has 4 aromatic rings. The maximum Gasteiger partial charge on any atom is 0.275 e. The van der Waals surface area contributed by atoms with Crippen molar-refractivity contribution in [2.75, 3.05) is 11.6 Å². The summed E-state index contributed by atoms with van der Waals surface area (Å²) in [5, 5.41) is 5.50. The third-order valence-electron chi connectivity index (χ3n) is 4.26. The van der Waals surface area contributed by atoms with Crippen molar-refractivity contribution in [1.29, 1.82) is 0 Å². The summed E-state index contributed by atoms with van der Waals surface area (Å²) in [5.74, 6) is 3.48. The summed E-state index contributed by atoms with van der Waals surface area (Å²) in [6.45, 7) is 0. The molecule has 2 aromatic heterocycles. The molecule has 1 atom stereocenters. The summed E-state index contributed by atoms with van der Waals surface area (Å²) in [6, 6.07) is 16.9. The number of carbonyl (C=O) groups excluding carboxylic acids is 1. The molecule has 28 heavy (non-hydrogen) atoms. The van der Waals surface area contributed by atoms with Gasteiger partial charge in [0.15, 0.2) is 0 Å². The Morgan fingerprint density at radius 2 is 1.96 bits per heavy atom. The fourth-order valence-corrected chi connectivity index (χ4v) is 4.12. The summed E-state index contributed by atoms with van der Waals surface area (Å²) in [5.41, 5.74) is 4.87. The smallest absolute Gasteiger partial charge is 0.275 e. The van der Waals surface area contributed by atoms with Crippen LogP contribution in [0.15, 0.2) is 70.4 Å². The topological polar surface area (TPSA) is 72.0 Å². The van der Waals surface area contributed by atoms with E-state index < -0.39 is 9.52 Å². The van der Waals surface area contributed by atoms with E-state index in [4.69, 9.17) is 4.98 Å². The summed E-state index contributed by atoms with van der Waals surface area (Å²) < 4.78 is 12.3. The molecule has 1 unspecified atom stereocenters. The molecule has 1 amide bonds. The predicted octanol–water partition coefficient (Wildman–Crippen LogP) is 4.32. The lowest BCUT2D eigenvalue weighted by Gasteiger charge is -2.10. The highest BCUT2D eigenvalue weighted by molar-refractivity contribution is 7.99. The molecule has 2 heterocycles. The normalized spacial score (nSPS) is 13.2. The number of rotatable bonds is 4. The minimum atomic E-state index is -2.32. The number of hydrogen-bond acceptors (Lipinski definition) is 5. The highest BCUT2D eigenvalue weighted by Crippen LogP contribution is 2.27. The van der Waals surface area contributed by atoms with Crippen LogP contribution in [0.2, 0.25) is 0 Å². The largest absolute Gasteiger partial charge is 0.319 e. The minimum absolute atomic E-state index is 0.272. The van der Waals surface area contributed by atoms with E-state index in [2.05, 4.69) is 16.2 Å². The standard InChI is InChI=1S/C21H17N3O2S2/c1-28(2,26)16-7-3-6-15(11-16)17-10-9-14-5-4-8-18(20(14)23-17)24-21(25)19-12-27-13-22-19/h3-13H,1H2,2H3,(H,24,25). The summed E-state index contributed by atoms with van der Waals surface area (Å²) in [7, 11) is -2.32. The van der Waals surface area contributed by atoms with Crippen LogP contribution in [-0.4, -0.2) is 32.2 Å². The highest BCUT2D eigenvalue weighted by Gasteiger charge is 2.12. The lowest BCUT2D eigenvalue weighted by Crippen LogP contribution is -2.12. The van der Waals surface area contributed by atoms with Gasteiger partial charge in [0.25, 0.3) is 5.91 Å². The molecule has 4 rings (SSSR count). The SMILES string of the molecule is C=S(C)(=O)c1cccc(-c2ccc3cccc(NC(=O)c4cscn4)c3n2)c1. The van der Waals surface area contributed by atoms with Crippen molar-refractivity contribution < 1.29 is 9.00 Å². The monoisotopic (exact) mass is 407 g/mol. The Kier molecular flexibility index (Phi) is 4.70. The van der Waals surface area contributed by atoms with Crippen LogP contribution in [0, 0.1) is 0 Å². The van der Waals surface area contributed by atoms with Crippen molar-refractivity contribution >= 4 is 49.2 Å². The van der Waals surface area contributed by atoms with Gasteiger partial charge in [0.1, 0.15) is 5.69 Å². The minimum Gasteiger partial charge on any atom is -0.319 e. The van der Waals surface area contributed by atoms with Gasteiger partial charge >= 0.3 is 0 Å². The van der Waals surface area contributed by atoms with Crippen LogP contribution in [-0.2, 0) is 9.52 Å². The summed E-state index contributed by atoms with van der Waals surface area (Å²) in [4.78, 5) is 21.9. The Balaban J connectivity index is 1.77. The quantitative estimate of drug-likeness (QED) is 0.512. The van der Waals surface area contributed by atoms with Gasteiger partial charge in [0.2, 0.25) is 0 Å². The Labute approximate surface area is 167 Å². The molecule has 0 bridgehead atoms. The average molecular weight is 408 g/mol. The first kappa shape index (κ1) is 18.3. The zero-order valence-electron chi connectivity index (χ0n) is 15.1. The fourth-order valence-electron chi connectivity index (χ4n) is 2.84. The molecule has 7 heteroatoms. The first-order valence-corrected chi connectivity index (χ1v) is 11.5. The molecule has 0 aliphatic carbocycles. The summed E-state index contributed by atoms with van der Waals surface area (Å²) >= 11 is 1.37. The van der Waals surface area contributed by atoms with Gasteiger partial charge < -0.3 is 5.32 Å². The van der Waals surface area contributed by atoms with Crippen LogP contribution in [0.25, 0.3) is 22.2 Å². The zero-order chi connectivity index (χ0) is 19.7. The molecule has 5 nitrogen and oxygen atoms in total. The molecule has 2 aromatic carbocycles. The van der Waals surface area contributed by atoms with Crippen molar-refractivity contribution in [2.45, 2.75) is 4.90 Å². The number of aromatic nitrogens is 2. The molecule has 0 saturated heterocycles. The number of anilines is 1. The molecule has 140 valence electrons. The van der Waals surface area contributed by atoms with Gasteiger partial charge in [0, 0.05) is 27.5 Å². The van der Waals surface area contributed by atoms with E-state index in [1.165, 1.54) is 11.3 Å². The lowest BCUT2D eigenvalue weighted by molar-refractivity contribution is 0.102. The lowest BCUT2D eigenvalue weighted by atomic mass is 10.1. The molecule has 0 aliphatic rings. The van der Waals surface area contributed by atoms with Crippen LogP contribution in [0.4, 0.5) is 5.69 Å². The van der Waals surface area contributed by atoms with E-state index >= 15 is 0 Å². The first-order chi connectivity index (χ1) is 13.4. The molecule has 0 fully saturated rings. The Morgan fingerprint density at radius 3 is 2.71 bits per heavy atom. The number of thiazole rings is 1. The van der Waals surface area contributed by atoms with Gasteiger partial charge in [0.05, 0.1) is 22.4 Å². The van der Waals surface area contributed by atoms with Crippen LogP contribution in [0.5, 0.6) is 0 Å². The number of pyridine rings is 1. The van der Waals surface area contributed by atoms with Crippen molar-refractivity contribution in [3.8, 4) is 11.3 Å². The van der Waals surface area contributed by atoms with Crippen LogP contribution >= 0.6 is 11.3 Å². The Morgan fingerprint density at radius 1 is 1.14 bits per heavy atom. The summed E-state index contributed by atoms with van der Waals surface area (Å²) in [6.07, 6.45) is 1.62. The second kappa shape index (κ2) is 7.18. The van der Waals surface area contributed by atoms with Crippen molar-refractivity contribution in [3.05, 3.63) is 71.2 Å². The Bertz CT molecular complexity index is 1280. The molecule has 0 aliphatic heterocycles. The van der Waals surface area contributed by atoms with Gasteiger partial charge in [-0.1, -0.05) is 30.3 Å². The molecular weight excluding hydrogens is 390 g/mol. The van der Waals surface area contributed by atoms with Crippen molar-refractivity contribution in [1.82, 2.24) is 9.97 Å². The number of para-hydroxylation sites is 1. The molecule has 0 saturated carbocycles. The van der Waals surface area contributed by atoms with E-state index in [9.17, 15) is 9.00 Å². The van der Waals surface area contributed by atoms with E-state index in [1.807, 2.05) is 48.5 Å². The van der Waals surface area contributed by atoms with Crippen LogP contribution in [0.1, 0.15) is 10.5 Å². The predicted molar refractivity (Wildman–Crippen MR) is 117 cm³/mol. The maximum absolute atomic E-state index is 12.4. The molecule has 0 spiro atoms. The third-order valence-corrected chi connectivity index (χ3v) is 6.10. The molecular formula is C21H17N3O2S2. The number of hydrogen-bond donors (Lipinski definition) is 1. The number of fused-ring (bicyclic) bond motifs is 1. The number of nitrogens with one attached hydrogen (secondary N) is 1. The number of nitrogens with zero attached hydrogens (tertiary/aromatic N) is 2. The van der Waals surface area contributed by atoms with E-state index in [0.29, 0.717) is 21.8 Å². The van der Waals surface area contributed by atoms with E-state index in [-0.39, 0.29) is 5.91 Å². The second-order valence-electron chi connectivity index (χ2n) is 6.43. The van der Waals surface area contributed by atoms with Gasteiger partial charge in [-0.3, -0.25) is 9.00 Å². The number of amides is 1. The Hall–Kier alpha value is -3.03. The molecule has 0 radical (unpaired) electrons. The van der Waals surface area contributed by atoms with Crippen LogP contribution < -0.4 is 5.32 Å². The van der Waals surface area contributed by atoms with Gasteiger partial charge in [-0.15, -0.1) is 11.3 Å².